The average Bonchev–Trinajstić information content (AvgIpc) is 2.48. The number of anilines is 1. The van der Waals surface area contributed by atoms with Crippen molar-refractivity contribution in [3.63, 3.8) is 0 Å². The number of benzene rings is 1. The van der Waals surface area contributed by atoms with Crippen molar-refractivity contribution in [2.45, 2.75) is 25.7 Å². The summed E-state index contributed by atoms with van der Waals surface area (Å²) in [6.45, 7) is 6.34. The summed E-state index contributed by atoms with van der Waals surface area (Å²) in [5.74, 6) is 0.153. The van der Waals surface area contributed by atoms with Crippen molar-refractivity contribution in [1.82, 2.24) is 4.90 Å². The molecular weight excluding hydrogens is 268 g/mol. The zero-order valence-corrected chi connectivity index (χ0v) is 12.7. The molecule has 0 bridgehead atoms. The Morgan fingerprint density at radius 2 is 1.85 bits per heavy atom. The Morgan fingerprint density at radius 1 is 1.20 bits per heavy atom. The summed E-state index contributed by atoms with van der Waals surface area (Å²) < 4.78 is 0. The maximum atomic E-state index is 12.3. The van der Waals surface area contributed by atoms with Crippen LogP contribution in [0.4, 0.5) is 5.69 Å². The molecule has 108 valence electrons. The summed E-state index contributed by atoms with van der Waals surface area (Å²) >= 11 is 4.16. The standard InChI is InChI=1S/C16H22N2OS/c1-13(20)9-10-17-15-7-5-14(6-8-15)16(19)18-11-3-2-4-12-18/h5-8,17,20H,1-4,9-12H2. The number of nitrogens with zero attached hydrogens (tertiary/aromatic N) is 1. The van der Waals surface area contributed by atoms with Crippen LogP contribution >= 0.6 is 12.6 Å². The highest BCUT2D eigenvalue weighted by molar-refractivity contribution is 7.84. The van der Waals surface area contributed by atoms with Crippen molar-refractivity contribution >= 4 is 24.2 Å². The number of hydrogen-bond donors (Lipinski definition) is 2. The minimum absolute atomic E-state index is 0.153. The number of piperidine rings is 1. The molecule has 2 rings (SSSR count). The Bertz CT molecular complexity index is 464. The fourth-order valence-corrected chi connectivity index (χ4v) is 2.47. The molecule has 3 nitrogen and oxygen atoms in total. The van der Waals surface area contributed by atoms with Gasteiger partial charge in [-0.15, -0.1) is 12.6 Å². The summed E-state index contributed by atoms with van der Waals surface area (Å²) in [6.07, 6.45) is 4.32. The third-order valence-corrected chi connectivity index (χ3v) is 3.74. The Balaban J connectivity index is 1.90. The number of rotatable bonds is 5. The van der Waals surface area contributed by atoms with Gasteiger partial charge in [0.15, 0.2) is 0 Å². The number of likely N-dealkylation sites (tertiary alicyclic amines) is 1. The SMILES string of the molecule is C=C(S)CCNc1ccc(C(=O)N2CCCCC2)cc1. The van der Waals surface area contributed by atoms with Crippen molar-refractivity contribution in [3.05, 3.63) is 41.3 Å². The Morgan fingerprint density at radius 3 is 2.45 bits per heavy atom. The Kier molecular flexibility index (Phi) is 5.53. The molecule has 4 heteroatoms. The first-order valence-corrected chi connectivity index (χ1v) is 7.61. The van der Waals surface area contributed by atoms with Gasteiger partial charge in [-0.2, -0.15) is 0 Å². The lowest BCUT2D eigenvalue weighted by Crippen LogP contribution is -2.35. The maximum absolute atomic E-state index is 12.3. The number of amides is 1. The van der Waals surface area contributed by atoms with Crippen LogP contribution in [0, 0.1) is 0 Å². The fourth-order valence-electron chi connectivity index (χ4n) is 2.36. The predicted molar refractivity (Wildman–Crippen MR) is 87.4 cm³/mol. The van der Waals surface area contributed by atoms with Crippen LogP contribution < -0.4 is 5.32 Å². The quantitative estimate of drug-likeness (QED) is 0.813. The highest BCUT2D eigenvalue weighted by Gasteiger charge is 2.17. The Labute approximate surface area is 126 Å². The molecule has 0 saturated carbocycles. The van der Waals surface area contributed by atoms with Gasteiger partial charge >= 0.3 is 0 Å². The largest absolute Gasteiger partial charge is 0.385 e. The molecule has 1 heterocycles. The number of hydrogen-bond acceptors (Lipinski definition) is 3. The molecule has 0 radical (unpaired) electrons. The van der Waals surface area contributed by atoms with Gasteiger partial charge in [0.25, 0.3) is 5.91 Å². The highest BCUT2D eigenvalue weighted by Crippen LogP contribution is 2.15. The number of nitrogens with one attached hydrogen (secondary N) is 1. The second-order valence-electron chi connectivity index (χ2n) is 5.17. The summed E-state index contributed by atoms with van der Waals surface area (Å²) in [5, 5.41) is 3.29. The van der Waals surface area contributed by atoms with Crippen molar-refractivity contribution in [2.24, 2.45) is 0 Å². The molecule has 1 amide bonds. The van der Waals surface area contributed by atoms with Crippen LogP contribution in [0.25, 0.3) is 0 Å². The van der Waals surface area contributed by atoms with Crippen molar-refractivity contribution in [3.8, 4) is 0 Å². The lowest BCUT2D eigenvalue weighted by Gasteiger charge is -2.26. The monoisotopic (exact) mass is 290 g/mol. The van der Waals surface area contributed by atoms with Gasteiger partial charge in [-0.1, -0.05) is 6.58 Å². The number of thiol groups is 1. The first-order valence-electron chi connectivity index (χ1n) is 7.17. The van der Waals surface area contributed by atoms with Crippen LogP contribution in [-0.2, 0) is 0 Å². The van der Waals surface area contributed by atoms with Crippen LogP contribution in [0.1, 0.15) is 36.0 Å². The van der Waals surface area contributed by atoms with E-state index < -0.39 is 0 Å². The fraction of sp³-hybridized carbons (Fsp3) is 0.438. The molecule has 1 fully saturated rings. The molecule has 0 aromatic heterocycles. The van der Waals surface area contributed by atoms with Crippen molar-refractivity contribution < 1.29 is 4.79 Å². The van der Waals surface area contributed by atoms with Gasteiger partial charge in [-0.25, -0.2) is 0 Å². The van der Waals surface area contributed by atoms with Gasteiger partial charge < -0.3 is 10.2 Å². The predicted octanol–water partition coefficient (Wildman–Crippen LogP) is 3.56. The first-order chi connectivity index (χ1) is 9.66. The lowest BCUT2D eigenvalue weighted by molar-refractivity contribution is 0.0724. The molecule has 1 aromatic carbocycles. The molecule has 1 N–H and O–H groups in total. The highest BCUT2D eigenvalue weighted by atomic mass is 32.1. The number of carbonyl (C=O) groups is 1. The molecule has 1 saturated heterocycles. The molecule has 0 atom stereocenters. The molecule has 1 aliphatic rings. The molecule has 0 spiro atoms. The van der Waals surface area contributed by atoms with E-state index in [1.807, 2.05) is 29.2 Å². The minimum atomic E-state index is 0.153. The van der Waals surface area contributed by atoms with Crippen molar-refractivity contribution in [1.29, 1.82) is 0 Å². The smallest absolute Gasteiger partial charge is 0.253 e. The average molecular weight is 290 g/mol. The molecule has 1 aliphatic heterocycles. The van der Waals surface area contributed by atoms with Crippen LogP contribution in [0.5, 0.6) is 0 Å². The molecule has 0 aliphatic carbocycles. The van der Waals surface area contributed by atoms with Crippen LogP contribution in [0.15, 0.2) is 35.7 Å². The van der Waals surface area contributed by atoms with Gasteiger partial charge in [0.1, 0.15) is 0 Å². The zero-order valence-electron chi connectivity index (χ0n) is 11.8. The third-order valence-electron chi connectivity index (χ3n) is 3.52. The van der Waals surface area contributed by atoms with Gasteiger partial charge in [0, 0.05) is 30.9 Å². The molecular formula is C16H22N2OS. The van der Waals surface area contributed by atoms with Gasteiger partial charge in [0.05, 0.1) is 0 Å². The lowest BCUT2D eigenvalue weighted by atomic mass is 10.1. The van der Waals surface area contributed by atoms with E-state index >= 15 is 0 Å². The Hall–Kier alpha value is -1.42. The summed E-state index contributed by atoms with van der Waals surface area (Å²) in [4.78, 5) is 15.1. The second-order valence-corrected chi connectivity index (χ2v) is 5.81. The maximum Gasteiger partial charge on any atom is 0.253 e. The molecule has 20 heavy (non-hydrogen) atoms. The van der Waals surface area contributed by atoms with E-state index in [1.54, 1.807) is 0 Å². The molecule has 0 unspecified atom stereocenters. The van der Waals surface area contributed by atoms with E-state index in [9.17, 15) is 4.79 Å². The third kappa shape index (κ3) is 4.30. The van der Waals surface area contributed by atoms with Gasteiger partial charge in [-0.3, -0.25) is 4.79 Å². The van der Waals surface area contributed by atoms with E-state index in [0.717, 1.165) is 55.1 Å². The number of carbonyl (C=O) groups excluding carboxylic acids is 1. The topological polar surface area (TPSA) is 32.3 Å². The van der Waals surface area contributed by atoms with Gasteiger partial charge in [-0.05, 0) is 54.9 Å². The van der Waals surface area contributed by atoms with Crippen LogP contribution in [0.2, 0.25) is 0 Å². The van der Waals surface area contributed by atoms with Crippen LogP contribution in [0.3, 0.4) is 0 Å². The van der Waals surface area contributed by atoms with E-state index in [4.69, 9.17) is 0 Å². The van der Waals surface area contributed by atoms with E-state index in [1.165, 1.54) is 6.42 Å². The summed E-state index contributed by atoms with van der Waals surface area (Å²) in [7, 11) is 0. The second kappa shape index (κ2) is 7.39. The first kappa shape index (κ1) is 15.0. The normalized spacial score (nSPS) is 14.9. The summed E-state index contributed by atoms with van der Waals surface area (Å²) in [5.41, 5.74) is 1.80. The summed E-state index contributed by atoms with van der Waals surface area (Å²) in [6, 6.07) is 7.71. The van der Waals surface area contributed by atoms with Crippen molar-refractivity contribution in [2.75, 3.05) is 25.0 Å². The zero-order chi connectivity index (χ0) is 14.4. The molecule has 1 aromatic rings. The van der Waals surface area contributed by atoms with Crippen LogP contribution in [-0.4, -0.2) is 30.4 Å². The van der Waals surface area contributed by atoms with E-state index in [2.05, 4.69) is 24.5 Å². The van der Waals surface area contributed by atoms with E-state index in [-0.39, 0.29) is 5.91 Å². The van der Waals surface area contributed by atoms with E-state index in [0.29, 0.717) is 0 Å². The minimum Gasteiger partial charge on any atom is -0.385 e. The van der Waals surface area contributed by atoms with Gasteiger partial charge in [0.2, 0.25) is 0 Å².